The van der Waals surface area contributed by atoms with Crippen LogP contribution in [0.3, 0.4) is 0 Å². The lowest BCUT2D eigenvalue weighted by molar-refractivity contribution is 0.0690. The largest absolute Gasteiger partial charge is 0.476 e. The van der Waals surface area contributed by atoms with Gasteiger partial charge in [-0.25, -0.2) is 9.48 Å². The third-order valence-corrected chi connectivity index (χ3v) is 2.29. The summed E-state index contributed by atoms with van der Waals surface area (Å²) >= 11 is 0. The molecule has 0 aromatic carbocycles. The van der Waals surface area contributed by atoms with Crippen LogP contribution in [-0.2, 0) is 11.3 Å². The van der Waals surface area contributed by atoms with E-state index in [1.54, 1.807) is 0 Å². The van der Waals surface area contributed by atoms with E-state index in [0.717, 1.165) is 19.4 Å². The Bertz CT molecular complexity index is 349. The predicted molar refractivity (Wildman–Crippen MR) is 61.9 cm³/mol. The van der Waals surface area contributed by atoms with Crippen LogP contribution < -0.4 is 0 Å². The van der Waals surface area contributed by atoms with E-state index in [1.807, 2.05) is 0 Å². The van der Waals surface area contributed by atoms with Crippen molar-refractivity contribution in [1.82, 2.24) is 15.0 Å². The summed E-state index contributed by atoms with van der Waals surface area (Å²) in [6, 6.07) is 0. The van der Waals surface area contributed by atoms with E-state index in [2.05, 4.69) is 24.2 Å². The molecule has 0 fully saturated rings. The lowest BCUT2D eigenvalue weighted by Gasteiger charge is -2.05. The fraction of sp³-hybridized carbons (Fsp3) is 0.727. The molecule has 0 aliphatic carbocycles. The van der Waals surface area contributed by atoms with E-state index >= 15 is 0 Å². The SMILES string of the molecule is CC(C)CCCOCCn1cc(C(=O)O)nn1. The van der Waals surface area contributed by atoms with Gasteiger partial charge in [-0.1, -0.05) is 19.1 Å². The molecule has 1 rings (SSSR count). The van der Waals surface area contributed by atoms with E-state index in [9.17, 15) is 4.79 Å². The van der Waals surface area contributed by atoms with Crippen molar-refractivity contribution in [2.75, 3.05) is 13.2 Å². The van der Waals surface area contributed by atoms with Crippen molar-refractivity contribution in [2.45, 2.75) is 33.2 Å². The average molecular weight is 241 g/mol. The van der Waals surface area contributed by atoms with Crippen LogP contribution in [0.5, 0.6) is 0 Å². The highest BCUT2D eigenvalue weighted by atomic mass is 16.5. The van der Waals surface area contributed by atoms with Gasteiger partial charge in [0.1, 0.15) is 0 Å². The van der Waals surface area contributed by atoms with Crippen molar-refractivity contribution in [3.05, 3.63) is 11.9 Å². The fourth-order valence-corrected chi connectivity index (χ4v) is 1.36. The molecule has 1 heterocycles. The molecule has 1 aromatic heterocycles. The number of hydrogen-bond acceptors (Lipinski definition) is 4. The number of nitrogens with zero attached hydrogens (tertiary/aromatic N) is 3. The van der Waals surface area contributed by atoms with Gasteiger partial charge in [0.15, 0.2) is 5.69 Å². The van der Waals surface area contributed by atoms with Crippen molar-refractivity contribution >= 4 is 5.97 Å². The summed E-state index contributed by atoms with van der Waals surface area (Å²) in [5.41, 5.74) is -0.0372. The van der Waals surface area contributed by atoms with Crippen LogP contribution in [-0.4, -0.2) is 39.3 Å². The van der Waals surface area contributed by atoms with Crippen molar-refractivity contribution in [3.8, 4) is 0 Å². The maximum atomic E-state index is 10.5. The lowest BCUT2D eigenvalue weighted by Crippen LogP contribution is -2.08. The van der Waals surface area contributed by atoms with E-state index in [4.69, 9.17) is 9.84 Å². The summed E-state index contributed by atoms with van der Waals surface area (Å²) in [6.07, 6.45) is 3.61. The molecule has 1 aromatic rings. The van der Waals surface area contributed by atoms with Gasteiger partial charge in [0, 0.05) is 6.61 Å². The summed E-state index contributed by atoms with van der Waals surface area (Å²) in [5.74, 6) is -0.360. The third kappa shape index (κ3) is 5.44. The first-order chi connectivity index (χ1) is 8.09. The van der Waals surface area contributed by atoms with Gasteiger partial charge in [-0.05, 0) is 18.8 Å². The zero-order chi connectivity index (χ0) is 12.7. The summed E-state index contributed by atoms with van der Waals surface area (Å²) in [5, 5.41) is 15.8. The number of hydrogen-bond donors (Lipinski definition) is 1. The van der Waals surface area contributed by atoms with Crippen LogP contribution in [0.15, 0.2) is 6.20 Å². The number of rotatable bonds is 8. The number of aromatic nitrogens is 3. The molecule has 0 spiro atoms. The Hall–Kier alpha value is -1.43. The van der Waals surface area contributed by atoms with E-state index in [1.165, 1.54) is 10.9 Å². The van der Waals surface area contributed by atoms with Crippen molar-refractivity contribution < 1.29 is 14.6 Å². The molecule has 17 heavy (non-hydrogen) atoms. The third-order valence-electron chi connectivity index (χ3n) is 2.29. The molecule has 0 saturated heterocycles. The Morgan fingerprint density at radius 2 is 2.29 bits per heavy atom. The summed E-state index contributed by atoms with van der Waals surface area (Å²) in [6.45, 7) is 6.16. The van der Waals surface area contributed by atoms with E-state index in [-0.39, 0.29) is 5.69 Å². The minimum Gasteiger partial charge on any atom is -0.476 e. The van der Waals surface area contributed by atoms with Gasteiger partial charge in [-0.3, -0.25) is 0 Å². The van der Waals surface area contributed by atoms with Crippen LogP contribution in [0, 0.1) is 5.92 Å². The Kier molecular flexibility index (Phi) is 5.62. The van der Waals surface area contributed by atoms with Crippen LogP contribution in [0.1, 0.15) is 37.2 Å². The quantitative estimate of drug-likeness (QED) is 0.697. The molecular formula is C11H19N3O3. The average Bonchev–Trinajstić information content (AvgIpc) is 2.71. The molecule has 0 aliphatic heterocycles. The maximum absolute atomic E-state index is 10.5. The second kappa shape index (κ2) is 7.01. The first-order valence-corrected chi connectivity index (χ1v) is 5.80. The second-order valence-corrected chi connectivity index (χ2v) is 4.32. The molecule has 0 atom stereocenters. The highest BCUT2D eigenvalue weighted by molar-refractivity contribution is 5.84. The molecule has 1 N–H and O–H groups in total. The molecule has 6 nitrogen and oxygen atoms in total. The first kappa shape index (κ1) is 13.6. The van der Waals surface area contributed by atoms with Crippen LogP contribution in [0.2, 0.25) is 0 Å². The van der Waals surface area contributed by atoms with Crippen LogP contribution >= 0.6 is 0 Å². The molecule has 6 heteroatoms. The molecule has 0 radical (unpaired) electrons. The fourth-order valence-electron chi connectivity index (χ4n) is 1.36. The van der Waals surface area contributed by atoms with E-state index < -0.39 is 5.97 Å². The zero-order valence-electron chi connectivity index (χ0n) is 10.3. The smallest absolute Gasteiger partial charge is 0.358 e. The molecule has 0 amide bonds. The first-order valence-electron chi connectivity index (χ1n) is 5.80. The minimum absolute atomic E-state index is 0.0372. The van der Waals surface area contributed by atoms with Gasteiger partial charge in [0.25, 0.3) is 0 Å². The van der Waals surface area contributed by atoms with Gasteiger partial charge in [-0.15, -0.1) is 5.10 Å². The Labute approximate surface area is 101 Å². The van der Waals surface area contributed by atoms with Gasteiger partial charge in [0.2, 0.25) is 0 Å². The molecular weight excluding hydrogens is 222 g/mol. The topological polar surface area (TPSA) is 77.2 Å². The van der Waals surface area contributed by atoms with E-state index in [0.29, 0.717) is 19.1 Å². The Morgan fingerprint density at radius 1 is 1.53 bits per heavy atom. The lowest BCUT2D eigenvalue weighted by atomic mass is 10.1. The summed E-state index contributed by atoms with van der Waals surface area (Å²) in [4.78, 5) is 10.5. The van der Waals surface area contributed by atoms with Gasteiger partial charge in [-0.2, -0.15) is 0 Å². The van der Waals surface area contributed by atoms with Crippen molar-refractivity contribution in [2.24, 2.45) is 5.92 Å². The minimum atomic E-state index is -1.06. The highest BCUT2D eigenvalue weighted by Crippen LogP contribution is 2.03. The number of aromatic carboxylic acids is 1. The summed E-state index contributed by atoms with van der Waals surface area (Å²) < 4.78 is 6.90. The van der Waals surface area contributed by atoms with Crippen LogP contribution in [0.25, 0.3) is 0 Å². The number of ether oxygens (including phenoxy) is 1. The second-order valence-electron chi connectivity index (χ2n) is 4.32. The number of carbonyl (C=O) groups is 1. The number of carboxylic acids is 1. The molecule has 0 bridgehead atoms. The highest BCUT2D eigenvalue weighted by Gasteiger charge is 2.07. The number of carboxylic acid groups (broad SMARTS) is 1. The van der Waals surface area contributed by atoms with Gasteiger partial charge >= 0.3 is 5.97 Å². The van der Waals surface area contributed by atoms with Crippen LogP contribution in [0.4, 0.5) is 0 Å². The molecule has 0 aliphatic rings. The molecule has 0 saturated carbocycles. The van der Waals surface area contributed by atoms with Crippen molar-refractivity contribution in [1.29, 1.82) is 0 Å². The standard InChI is InChI=1S/C11H19N3O3/c1-9(2)4-3-6-17-7-5-14-8-10(11(15)16)12-13-14/h8-9H,3-7H2,1-2H3,(H,15,16). The summed E-state index contributed by atoms with van der Waals surface area (Å²) in [7, 11) is 0. The zero-order valence-corrected chi connectivity index (χ0v) is 10.3. The van der Waals surface area contributed by atoms with Gasteiger partial charge in [0.05, 0.1) is 19.3 Å². The Balaban J connectivity index is 2.11. The molecule has 0 unspecified atom stereocenters. The molecule has 96 valence electrons. The predicted octanol–water partition coefficient (Wildman–Crippen LogP) is 1.43. The maximum Gasteiger partial charge on any atom is 0.358 e. The monoisotopic (exact) mass is 241 g/mol. The van der Waals surface area contributed by atoms with Gasteiger partial charge < -0.3 is 9.84 Å². The van der Waals surface area contributed by atoms with Crippen molar-refractivity contribution in [3.63, 3.8) is 0 Å². The normalized spacial score (nSPS) is 11.0. The Morgan fingerprint density at radius 3 is 2.88 bits per heavy atom.